The fraction of sp³-hybridized carbons (Fsp3) is 0.316. The maximum Gasteiger partial charge on any atom is 0.257 e. The standard InChI is InChI=1S/C19H22ClNO4/c1-23-17-10-5-14(12-18(17)24-2)4-3-11-21-19(22)13-25-16-8-6-15(20)7-9-16/h5-10,12H,3-4,11,13H2,1-2H3,(H,21,22). The van der Waals surface area contributed by atoms with Gasteiger partial charge < -0.3 is 19.5 Å². The topological polar surface area (TPSA) is 56.8 Å². The third-order valence-electron chi connectivity index (χ3n) is 3.60. The van der Waals surface area contributed by atoms with E-state index in [0.29, 0.717) is 28.8 Å². The Kier molecular flexibility index (Phi) is 7.41. The van der Waals surface area contributed by atoms with Gasteiger partial charge >= 0.3 is 0 Å². The van der Waals surface area contributed by atoms with Crippen molar-refractivity contribution in [3.8, 4) is 17.2 Å². The van der Waals surface area contributed by atoms with E-state index in [2.05, 4.69) is 5.32 Å². The van der Waals surface area contributed by atoms with Crippen LogP contribution < -0.4 is 19.5 Å². The molecule has 0 aromatic heterocycles. The summed E-state index contributed by atoms with van der Waals surface area (Å²) >= 11 is 5.80. The van der Waals surface area contributed by atoms with E-state index in [-0.39, 0.29) is 12.5 Å². The number of hydrogen-bond donors (Lipinski definition) is 1. The van der Waals surface area contributed by atoms with Crippen LogP contribution in [-0.4, -0.2) is 33.3 Å². The van der Waals surface area contributed by atoms with E-state index < -0.39 is 0 Å². The number of nitrogens with one attached hydrogen (secondary N) is 1. The average Bonchev–Trinajstić information content (AvgIpc) is 2.64. The summed E-state index contributed by atoms with van der Waals surface area (Å²) in [5, 5.41) is 3.47. The number of benzene rings is 2. The summed E-state index contributed by atoms with van der Waals surface area (Å²) in [6.07, 6.45) is 1.65. The molecular weight excluding hydrogens is 342 g/mol. The van der Waals surface area contributed by atoms with Crippen LogP contribution in [0.1, 0.15) is 12.0 Å². The van der Waals surface area contributed by atoms with Crippen molar-refractivity contribution in [2.75, 3.05) is 27.4 Å². The second-order valence-corrected chi connectivity index (χ2v) is 5.82. The van der Waals surface area contributed by atoms with Gasteiger partial charge in [-0.3, -0.25) is 4.79 Å². The Morgan fingerprint density at radius 2 is 1.76 bits per heavy atom. The second kappa shape index (κ2) is 9.79. The number of halogens is 1. The number of rotatable bonds is 9. The maximum absolute atomic E-state index is 11.8. The van der Waals surface area contributed by atoms with Crippen LogP contribution in [0.3, 0.4) is 0 Å². The monoisotopic (exact) mass is 363 g/mol. The van der Waals surface area contributed by atoms with Crippen LogP contribution in [0.5, 0.6) is 17.2 Å². The molecule has 0 aliphatic rings. The second-order valence-electron chi connectivity index (χ2n) is 5.39. The van der Waals surface area contributed by atoms with Crippen molar-refractivity contribution in [1.29, 1.82) is 0 Å². The number of amides is 1. The van der Waals surface area contributed by atoms with E-state index in [4.69, 9.17) is 25.8 Å². The summed E-state index contributed by atoms with van der Waals surface area (Å²) < 4.78 is 15.9. The minimum atomic E-state index is -0.151. The van der Waals surface area contributed by atoms with E-state index in [1.54, 1.807) is 38.5 Å². The fourth-order valence-corrected chi connectivity index (χ4v) is 2.41. The minimum Gasteiger partial charge on any atom is -0.493 e. The molecular formula is C19H22ClNO4. The molecule has 0 atom stereocenters. The van der Waals surface area contributed by atoms with Crippen LogP contribution in [0.25, 0.3) is 0 Å². The summed E-state index contributed by atoms with van der Waals surface area (Å²) in [5.41, 5.74) is 1.13. The Balaban J connectivity index is 1.68. The van der Waals surface area contributed by atoms with Gasteiger partial charge in [0.2, 0.25) is 0 Å². The highest BCUT2D eigenvalue weighted by molar-refractivity contribution is 6.30. The zero-order valence-corrected chi connectivity index (χ0v) is 15.1. The first-order valence-electron chi connectivity index (χ1n) is 7.98. The molecule has 25 heavy (non-hydrogen) atoms. The lowest BCUT2D eigenvalue weighted by Gasteiger charge is -2.10. The number of methoxy groups -OCH3 is 2. The molecule has 134 valence electrons. The van der Waals surface area contributed by atoms with Gasteiger partial charge in [0, 0.05) is 11.6 Å². The molecule has 0 spiro atoms. The lowest BCUT2D eigenvalue weighted by Crippen LogP contribution is -2.29. The highest BCUT2D eigenvalue weighted by Crippen LogP contribution is 2.27. The molecule has 2 aromatic rings. The molecule has 0 heterocycles. The van der Waals surface area contributed by atoms with E-state index in [0.717, 1.165) is 18.4 Å². The summed E-state index contributed by atoms with van der Waals surface area (Å²) in [4.78, 5) is 11.8. The smallest absolute Gasteiger partial charge is 0.257 e. The van der Waals surface area contributed by atoms with Gasteiger partial charge in [-0.05, 0) is 54.8 Å². The van der Waals surface area contributed by atoms with Crippen molar-refractivity contribution >= 4 is 17.5 Å². The van der Waals surface area contributed by atoms with Crippen molar-refractivity contribution in [3.05, 3.63) is 53.1 Å². The summed E-state index contributed by atoms with van der Waals surface area (Å²) in [6, 6.07) is 12.7. The molecule has 2 rings (SSSR count). The van der Waals surface area contributed by atoms with Gasteiger partial charge in [0.05, 0.1) is 14.2 Å². The molecule has 0 aliphatic heterocycles. The number of hydrogen-bond acceptors (Lipinski definition) is 4. The number of ether oxygens (including phenoxy) is 3. The Morgan fingerprint density at radius 1 is 1.04 bits per heavy atom. The lowest BCUT2D eigenvalue weighted by molar-refractivity contribution is -0.123. The van der Waals surface area contributed by atoms with Gasteiger partial charge in [0.25, 0.3) is 5.91 Å². The number of aryl methyl sites for hydroxylation is 1. The molecule has 1 amide bonds. The normalized spacial score (nSPS) is 10.2. The predicted molar refractivity (Wildman–Crippen MR) is 97.8 cm³/mol. The molecule has 0 fully saturated rings. The first kappa shape index (κ1) is 18.9. The van der Waals surface area contributed by atoms with Crippen molar-refractivity contribution in [2.24, 2.45) is 0 Å². The Hall–Kier alpha value is -2.40. The van der Waals surface area contributed by atoms with E-state index in [1.165, 1.54) is 0 Å². The summed E-state index contributed by atoms with van der Waals surface area (Å²) in [5.74, 6) is 1.88. The van der Waals surface area contributed by atoms with Gasteiger partial charge in [-0.1, -0.05) is 17.7 Å². The van der Waals surface area contributed by atoms with Crippen molar-refractivity contribution in [1.82, 2.24) is 5.32 Å². The molecule has 6 heteroatoms. The maximum atomic E-state index is 11.8. The highest BCUT2D eigenvalue weighted by atomic mass is 35.5. The van der Waals surface area contributed by atoms with E-state index in [9.17, 15) is 4.79 Å². The first-order valence-corrected chi connectivity index (χ1v) is 8.36. The molecule has 0 radical (unpaired) electrons. The average molecular weight is 364 g/mol. The molecule has 0 aliphatic carbocycles. The summed E-state index contributed by atoms with van der Waals surface area (Å²) in [6.45, 7) is 0.565. The Morgan fingerprint density at radius 3 is 2.44 bits per heavy atom. The molecule has 2 aromatic carbocycles. The minimum absolute atomic E-state index is 0.0159. The molecule has 5 nitrogen and oxygen atoms in total. The van der Waals surface area contributed by atoms with Crippen molar-refractivity contribution in [2.45, 2.75) is 12.8 Å². The largest absolute Gasteiger partial charge is 0.493 e. The molecule has 0 saturated heterocycles. The van der Waals surface area contributed by atoms with E-state index in [1.807, 2.05) is 18.2 Å². The Bertz CT molecular complexity index is 688. The highest BCUT2D eigenvalue weighted by Gasteiger charge is 2.05. The molecule has 0 unspecified atom stereocenters. The van der Waals surface area contributed by atoms with Gasteiger partial charge in [0.1, 0.15) is 5.75 Å². The van der Waals surface area contributed by atoms with Crippen LogP contribution in [0.15, 0.2) is 42.5 Å². The van der Waals surface area contributed by atoms with Crippen molar-refractivity contribution in [3.63, 3.8) is 0 Å². The third-order valence-corrected chi connectivity index (χ3v) is 3.85. The molecule has 0 saturated carbocycles. The number of carbonyl (C=O) groups excluding carboxylic acids is 1. The van der Waals surface area contributed by atoms with Crippen LogP contribution in [0.4, 0.5) is 0 Å². The van der Waals surface area contributed by atoms with Gasteiger partial charge in [-0.25, -0.2) is 0 Å². The van der Waals surface area contributed by atoms with Crippen LogP contribution in [-0.2, 0) is 11.2 Å². The van der Waals surface area contributed by atoms with Crippen LogP contribution in [0, 0.1) is 0 Å². The SMILES string of the molecule is COc1ccc(CCCNC(=O)COc2ccc(Cl)cc2)cc1OC. The van der Waals surface area contributed by atoms with Gasteiger partial charge in [-0.15, -0.1) is 0 Å². The van der Waals surface area contributed by atoms with Crippen LogP contribution in [0.2, 0.25) is 5.02 Å². The summed E-state index contributed by atoms with van der Waals surface area (Å²) in [7, 11) is 3.22. The first-order chi connectivity index (χ1) is 12.1. The zero-order valence-electron chi connectivity index (χ0n) is 14.4. The Labute approximate surface area is 152 Å². The fourth-order valence-electron chi connectivity index (χ4n) is 2.29. The quantitative estimate of drug-likeness (QED) is 0.693. The third kappa shape index (κ3) is 6.19. The van der Waals surface area contributed by atoms with Gasteiger partial charge in [-0.2, -0.15) is 0 Å². The van der Waals surface area contributed by atoms with Gasteiger partial charge in [0.15, 0.2) is 18.1 Å². The predicted octanol–water partition coefficient (Wildman–Crippen LogP) is 3.49. The molecule has 1 N–H and O–H groups in total. The zero-order chi connectivity index (χ0) is 18.1. The molecule has 0 bridgehead atoms. The van der Waals surface area contributed by atoms with Crippen molar-refractivity contribution < 1.29 is 19.0 Å². The number of carbonyl (C=O) groups is 1. The van der Waals surface area contributed by atoms with Crippen LogP contribution >= 0.6 is 11.6 Å². The lowest BCUT2D eigenvalue weighted by atomic mass is 10.1. The van der Waals surface area contributed by atoms with E-state index >= 15 is 0 Å².